The van der Waals surface area contributed by atoms with Crippen molar-refractivity contribution in [1.29, 1.82) is 0 Å². The van der Waals surface area contributed by atoms with Gasteiger partial charge < -0.3 is 4.90 Å². The molecule has 1 aliphatic rings. The van der Waals surface area contributed by atoms with E-state index >= 15 is 0 Å². The number of amides is 1. The monoisotopic (exact) mass is 487 g/mol. The molecule has 0 saturated carbocycles. The molecular weight excluding hydrogens is 457 g/mol. The minimum absolute atomic E-state index is 0.0123. The average molecular weight is 488 g/mol. The molecule has 2 aromatic heterocycles. The Hall–Kier alpha value is -3.09. The van der Waals surface area contributed by atoms with Gasteiger partial charge in [0.2, 0.25) is 0 Å². The molecule has 3 heterocycles. The second-order valence-corrected chi connectivity index (χ2v) is 10.2. The fourth-order valence-electron chi connectivity index (χ4n) is 5.28. The van der Waals surface area contributed by atoms with E-state index < -0.39 is 0 Å². The molecule has 1 atom stereocenters. The molecule has 180 valence electrons. The largest absolute Gasteiger partial charge is 0.338 e. The van der Waals surface area contributed by atoms with Crippen LogP contribution in [-0.4, -0.2) is 46.9 Å². The van der Waals surface area contributed by atoms with Crippen LogP contribution in [0.1, 0.15) is 34.3 Å². The summed E-state index contributed by atoms with van der Waals surface area (Å²) in [5.41, 5.74) is 3.70. The highest BCUT2D eigenvalue weighted by Crippen LogP contribution is 2.29. The van der Waals surface area contributed by atoms with E-state index in [0.717, 1.165) is 38.0 Å². The Labute approximate surface area is 210 Å². The van der Waals surface area contributed by atoms with Crippen LogP contribution in [-0.2, 0) is 13.0 Å². The molecule has 2 aromatic carbocycles. The molecule has 0 N–H and O–H groups in total. The zero-order chi connectivity index (χ0) is 24.2. The highest BCUT2D eigenvalue weighted by molar-refractivity contribution is 7.08. The first-order valence-corrected chi connectivity index (χ1v) is 13.1. The number of thiophene rings is 1. The van der Waals surface area contributed by atoms with E-state index in [2.05, 4.69) is 34.1 Å². The summed E-state index contributed by atoms with van der Waals surface area (Å²) in [5, 5.41) is 5.02. The lowest BCUT2D eigenvalue weighted by molar-refractivity contribution is 0.0584. The molecular formula is C29H30FN3OS. The lowest BCUT2D eigenvalue weighted by atomic mass is 9.84. The lowest BCUT2D eigenvalue weighted by Crippen LogP contribution is -2.47. The number of nitrogens with zero attached hydrogens (tertiary/aromatic N) is 3. The van der Waals surface area contributed by atoms with Gasteiger partial charge in [0, 0.05) is 36.6 Å². The molecule has 0 spiro atoms. The van der Waals surface area contributed by atoms with Crippen molar-refractivity contribution in [2.24, 2.45) is 5.92 Å². The van der Waals surface area contributed by atoms with Gasteiger partial charge in [0.15, 0.2) is 0 Å². The number of pyridine rings is 1. The van der Waals surface area contributed by atoms with Crippen molar-refractivity contribution in [1.82, 2.24) is 14.8 Å². The zero-order valence-corrected chi connectivity index (χ0v) is 20.8. The maximum atomic E-state index is 14.6. The molecule has 0 aliphatic carbocycles. The molecule has 4 aromatic rings. The van der Waals surface area contributed by atoms with Gasteiger partial charge in [-0.3, -0.25) is 14.7 Å². The number of hydrogen-bond acceptors (Lipinski definition) is 4. The van der Waals surface area contributed by atoms with Gasteiger partial charge in [0.25, 0.3) is 5.91 Å². The Morgan fingerprint density at radius 2 is 1.86 bits per heavy atom. The summed E-state index contributed by atoms with van der Waals surface area (Å²) in [6, 6.07) is 19.1. The molecule has 1 amide bonds. The smallest absolute Gasteiger partial charge is 0.254 e. The summed E-state index contributed by atoms with van der Waals surface area (Å²) >= 11 is 1.52. The van der Waals surface area contributed by atoms with Crippen LogP contribution < -0.4 is 0 Å². The number of carbonyl (C=O) groups excluding carboxylic acids is 1. The Morgan fingerprint density at radius 3 is 2.63 bits per heavy atom. The first kappa shape index (κ1) is 23.6. The number of halogens is 1. The maximum Gasteiger partial charge on any atom is 0.254 e. The van der Waals surface area contributed by atoms with Crippen LogP contribution in [0.25, 0.3) is 10.9 Å². The number of benzene rings is 2. The van der Waals surface area contributed by atoms with E-state index in [1.54, 1.807) is 6.07 Å². The number of carbonyl (C=O) groups is 1. The number of piperidine rings is 1. The summed E-state index contributed by atoms with van der Waals surface area (Å²) in [4.78, 5) is 22.0. The summed E-state index contributed by atoms with van der Waals surface area (Å²) in [7, 11) is 1.88. The van der Waals surface area contributed by atoms with Crippen LogP contribution in [0, 0.1) is 11.7 Å². The van der Waals surface area contributed by atoms with E-state index in [1.807, 2.05) is 53.2 Å². The molecule has 4 nitrogen and oxygen atoms in total. The molecule has 1 fully saturated rings. The normalized spacial score (nSPS) is 15.8. The van der Waals surface area contributed by atoms with Crippen LogP contribution in [0.4, 0.5) is 4.39 Å². The molecule has 35 heavy (non-hydrogen) atoms. The molecule has 1 saturated heterocycles. The van der Waals surface area contributed by atoms with Gasteiger partial charge in [-0.25, -0.2) is 4.39 Å². The fraction of sp³-hybridized carbons (Fsp3) is 0.310. The number of aromatic nitrogens is 1. The minimum Gasteiger partial charge on any atom is -0.338 e. The summed E-state index contributed by atoms with van der Waals surface area (Å²) in [6.07, 6.45) is 4.37. The zero-order valence-electron chi connectivity index (χ0n) is 19.9. The van der Waals surface area contributed by atoms with E-state index in [1.165, 1.54) is 28.4 Å². The van der Waals surface area contributed by atoms with Gasteiger partial charge >= 0.3 is 0 Å². The van der Waals surface area contributed by atoms with Crippen molar-refractivity contribution in [2.45, 2.75) is 31.8 Å². The fourth-order valence-corrected chi connectivity index (χ4v) is 5.91. The van der Waals surface area contributed by atoms with E-state index in [-0.39, 0.29) is 17.8 Å². The first-order valence-electron chi connectivity index (χ1n) is 12.2. The van der Waals surface area contributed by atoms with Crippen LogP contribution >= 0.6 is 11.3 Å². The summed E-state index contributed by atoms with van der Waals surface area (Å²) < 4.78 is 14.6. The number of hydrogen-bond donors (Lipinski definition) is 0. The molecule has 0 bridgehead atoms. The van der Waals surface area contributed by atoms with Crippen molar-refractivity contribution < 1.29 is 9.18 Å². The highest BCUT2D eigenvalue weighted by atomic mass is 32.1. The van der Waals surface area contributed by atoms with Crippen LogP contribution in [0.15, 0.2) is 77.6 Å². The standard InChI is InChI=1S/C29H30FN3OS/c1-32(29(34)24-13-17-35-20-24)28(18-22-6-2-4-8-26(22)30)21-11-15-33(16-12-21)19-23-10-14-31-27-9-5-3-7-25(23)27/h2-10,13-14,17,20-21,28H,11-12,15-16,18-19H2,1H3/t28-/m0/s1. The Bertz CT molecular complexity index is 1280. The van der Waals surface area contributed by atoms with Crippen molar-refractivity contribution in [3.05, 3.63) is 100 Å². The molecule has 5 rings (SSSR count). The van der Waals surface area contributed by atoms with Crippen molar-refractivity contribution in [3.8, 4) is 0 Å². The lowest BCUT2D eigenvalue weighted by Gasteiger charge is -2.40. The van der Waals surface area contributed by atoms with Gasteiger partial charge in [0.05, 0.1) is 11.1 Å². The summed E-state index contributed by atoms with van der Waals surface area (Å²) in [5.74, 6) is 0.127. The van der Waals surface area contributed by atoms with Gasteiger partial charge in [-0.05, 0) is 79.0 Å². The Morgan fingerprint density at radius 1 is 1.09 bits per heavy atom. The van der Waals surface area contributed by atoms with Gasteiger partial charge in [-0.1, -0.05) is 36.4 Å². The van der Waals surface area contributed by atoms with Gasteiger partial charge in [-0.15, -0.1) is 0 Å². The highest BCUT2D eigenvalue weighted by Gasteiger charge is 2.32. The van der Waals surface area contributed by atoms with Gasteiger partial charge in [0.1, 0.15) is 5.82 Å². The van der Waals surface area contributed by atoms with Crippen molar-refractivity contribution in [2.75, 3.05) is 20.1 Å². The second-order valence-electron chi connectivity index (χ2n) is 9.39. The SMILES string of the molecule is CN(C(=O)c1ccsc1)[C@@H](Cc1ccccc1F)C1CCN(Cc2ccnc3ccccc23)CC1. The summed E-state index contributed by atoms with van der Waals surface area (Å²) in [6.45, 7) is 2.79. The third-order valence-electron chi connectivity index (χ3n) is 7.28. The van der Waals surface area contributed by atoms with Crippen LogP contribution in [0.5, 0.6) is 0 Å². The minimum atomic E-state index is -0.198. The number of rotatable bonds is 7. The molecule has 0 unspecified atom stereocenters. The Balaban J connectivity index is 1.31. The topological polar surface area (TPSA) is 36.4 Å². The second kappa shape index (κ2) is 10.7. The predicted molar refractivity (Wildman–Crippen MR) is 140 cm³/mol. The average Bonchev–Trinajstić information content (AvgIpc) is 3.43. The molecule has 1 aliphatic heterocycles. The Kier molecular flexibility index (Phi) is 7.21. The van der Waals surface area contributed by atoms with Crippen molar-refractivity contribution in [3.63, 3.8) is 0 Å². The third kappa shape index (κ3) is 5.29. The number of likely N-dealkylation sites (N-methyl/N-ethyl adjacent to an activating group) is 1. The number of para-hydroxylation sites is 1. The quantitative estimate of drug-likeness (QED) is 0.319. The predicted octanol–water partition coefficient (Wildman–Crippen LogP) is 6.03. The third-order valence-corrected chi connectivity index (χ3v) is 7.97. The first-order chi connectivity index (χ1) is 17.1. The number of fused-ring (bicyclic) bond motifs is 1. The van der Waals surface area contributed by atoms with E-state index in [9.17, 15) is 9.18 Å². The van der Waals surface area contributed by atoms with Crippen LogP contribution in [0.3, 0.4) is 0 Å². The van der Waals surface area contributed by atoms with E-state index in [4.69, 9.17) is 0 Å². The molecule has 0 radical (unpaired) electrons. The van der Waals surface area contributed by atoms with Crippen LogP contribution in [0.2, 0.25) is 0 Å². The van der Waals surface area contributed by atoms with Crippen molar-refractivity contribution >= 4 is 28.1 Å². The maximum absolute atomic E-state index is 14.6. The molecule has 6 heteroatoms. The van der Waals surface area contributed by atoms with Gasteiger partial charge in [-0.2, -0.15) is 11.3 Å². The van der Waals surface area contributed by atoms with E-state index in [0.29, 0.717) is 23.5 Å². The number of likely N-dealkylation sites (tertiary alicyclic amines) is 1.